The maximum absolute atomic E-state index is 13.3. The molecular weight excluding hydrogens is 380 g/mol. The highest BCUT2D eigenvalue weighted by atomic mass is 16.2. The molecule has 0 saturated carbocycles. The summed E-state index contributed by atoms with van der Waals surface area (Å²) in [6, 6.07) is 8.74. The fraction of sp³-hybridized carbons (Fsp3) is 0.609. The van der Waals surface area contributed by atoms with Crippen LogP contribution in [0.4, 0.5) is 0 Å². The third-order valence-corrected chi connectivity index (χ3v) is 6.34. The van der Waals surface area contributed by atoms with Gasteiger partial charge in [0, 0.05) is 12.6 Å². The van der Waals surface area contributed by atoms with Gasteiger partial charge in [-0.2, -0.15) is 0 Å². The van der Waals surface area contributed by atoms with E-state index < -0.39 is 12.1 Å². The molecule has 0 aliphatic carbocycles. The number of benzene rings is 1. The lowest BCUT2D eigenvalue weighted by atomic mass is 9.98. The van der Waals surface area contributed by atoms with Crippen molar-refractivity contribution in [3.05, 3.63) is 35.9 Å². The molecule has 2 aliphatic rings. The van der Waals surface area contributed by atoms with Gasteiger partial charge in [0.15, 0.2) is 0 Å². The van der Waals surface area contributed by atoms with Crippen LogP contribution in [-0.4, -0.2) is 60.4 Å². The monoisotopic (exact) mass is 414 g/mol. The van der Waals surface area contributed by atoms with Gasteiger partial charge in [-0.1, -0.05) is 43.2 Å². The Morgan fingerprint density at radius 3 is 2.57 bits per heavy atom. The second-order valence-corrected chi connectivity index (χ2v) is 8.38. The lowest BCUT2D eigenvalue weighted by Crippen LogP contribution is -2.58. The van der Waals surface area contributed by atoms with Crippen LogP contribution in [-0.2, 0) is 20.8 Å². The molecule has 0 spiro atoms. The Morgan fingerprint density at radius 2 is 1.83 bits per heavy atom. The molecule has 30 heavy (non-hydrogen) atoms. The molecule has 3 amide bonds. The number of rotatable bonds is 7. The van der Waals surface area contributed by atoms with Crippen molar-refractivity contribution in [2.24, 2.45) is 0 Å². The first-order valence-corrected chi connectivity index (χ1v) is 11.1. The van der Waals surface area contributed by atoms with E-state index in [2.05, 4.69) is 16.0 Å². The Hall–Kier alpha value is -2.41. The first-order valence-electron chi connectivity index (χ1n) is 11.1. The van der Waals surface area contributed by atoms with Crippen LogP contribution in [0.5, 0.6) is 0 Å². The molecule has 3 rings (SSSR count). The number of fused-ring (bicyclic) bond motifs is 1. The minimum atomic E-state index is -0.561. The Kier molecular flexibility index (Phi) is 7.85. The lowest BCUT2D eigenvalue weighted by molar-refractivity contribution is -0.144. The Morgan fingerprint density at radius 1 is 1.10 bits per heavy atom. The summed E-state index contributed by atoms with van der Waals surface area (Å²) in [5, 5.41) is 8.82. The molecule has 2 heterocycles. The summed E-state index contributed by atoms with van der Waals surface area (Å²) < 4.78 is 0. The standard InChI is InChI=1S/C23H34N4O3/c1-16(24-2)21(28)26-19-11-7-6-10-18-12-13-20(27(18)23(19)30)22(29)25-15-14-17-8-4-3-5-9-17/h3-5,8-9,16,18-20,24H,6-7,10-15H2,1-2H3,(H,25,29)(H,26,28)/t16-,18-,19-,20-/m0/s1. The third-order valence-electron chi connectivity index (χ3n) is 6.34. The Balaban J connectivity index is 1.63. The highest BCUT2D eigenvalue weighted by molar-refractivity contribution is 5.93. The van der Waals surface area contributed by atoms with E-state index in [0.717, 1.165) is 32.1 Å². The highest BCUT2D eigenvalue weighted by Gasteiger charge is 2.43. The number of hydrogen-bond donors (Lipinski definition) is 3. The smallest absolute Gasteiger partial charge is 0.246 e. The van der Waals surface area contributed by atoms with E-state index in [9.17, 15) is 14.4 Å². The van der Waals surface area contributed by atoms with Crippen LogP contribution in [0.2, 0.25) is 0 Å². The fourth-order valence-electron chi connectivity index (χ4n) is 4.44. The maximum atomic E-state index is 13.3. The molecule has 2 aliphatic heterocycles. The molecule has 0 bridgehead atoms. The molecule has 2 fully saturated rings. The summed E-state index contributed by atoms with van der Waals surface area (Å²) in [5.41, 5.74) is 1.17. The van der Waals surface area contributed by atoms with Gasteiger partial charge in [0.05, 0.1) is 6.04 Å². The van der Waals surface area contributed by atoms with Crippen LogP contribution in [0.3, 0.4) is 0 Å². The van der Waals surface area contributed by atoms with Crippen molar-refractivity contribution in [1.82, 2.24) is 20.9 Å². The number of nitrogens with one attached hydrogen (secondary N) is 3. The number of nitrogens with zero attached hydrogens (tertiary/aromatic N) is 1. The van der Waals surface area contributed by atoms with Gasteiger partial charge in [-0.05, 0) is 51.6 Å². The summed E-state index contributed by atoms with van der Waals surface area (Å²) in [6.45, 7) is 2.32. The second kappa shape index (κ2) is 10.6. The highest BCUT2D eigenvalue weighted by Crippen LogP contribution is 2.31. The molecule has 1 aromatic rings. The van der Waals surface area contributed by atoms with E-state index >= 15 is 0 Å². The average Bonchev–Trinajstić information content (AvgIpc) is 3.17. The van der Waals surface area contributed by atoms with E-state index in [0.29, 0.717) is 19.4 Å². The SMILES string of the molecule is CN[C@@H](C)C(=O)N[C@H]1CCCC[C@H]2CC[C@@H](C(=O)NCCc3ccccc3)N2C1=O. The van der Waals surface area contributed by atoms with E-state index in [1.165, 1.54) is 5.56 Å². The molecule has 0 radical (unpaired) electrons. The molecular formula is C23H34N4O3. The number of carbonyl (C=O) groups excluding carboxylic acids is 3. The molecule has 0 unspecified atom stereocenters. The quantitative estimate of drug-likeness (QED) is 0.629. The number of hydrogen-bond acceptors (Lipinski definition) is 4. The van der Waals surface area contributed by atoms with Gasteiger partial charge in [0.25, 0.3) is 0 Å². The zero-order valence-electron chi connectivity index (χ0n) is 18.0. The maximum Gasteiger partial charge on any atom is 0.246 e. The van der Waals surface area contributed by atoms with Gasteiger partial charge in [0.1, 0.15) is 12.1 Å². The van der Waals surface area contributed by atoms with Crippen molar-refractivity contribution in [1.29, 1.82) is 0 Å². The predicted molar refractivity (Wildman–Crippen MR) is 116 cm³/mol. The van der Waals surface area contributed by atoms with Crippen LogP contribution >= 0.6 is 0 Å². The number of likely N-dealkylation sites (N-methyl/N-ethyl adjacent to an activating group) is 1. The van der Waals surface area contributed by atoms with Crippen LogP contribution < -0.4 is 16.0 Å². The third kappa shape index (κ3) is 5.39. The van der Waals surface area contributed by atoms with Gasteiger partial charge in [-0.3, -0.25) is 14.4 Å². The summed E-state index contributed by atoms with van der Waals surface area (Å²) in [7, 11) is 1.72. The van der Waals surface area contributed by atoms with E-state index in [4.69, 9.17) is 0 Å². The summed E-state index contributed by atoms with van der Waals surface area (Å²) in [6.07, 6.45) is 5.74. The van der Waals surface area contributed by atoms with Gasteiger partial charge < -0.3 is 20.9 Å². The Labute approximate surface area is 179 Å². The second-order valence-electron chi connectivity index (χ2n) is 8.38. The van der Waals surface area contributed by atoms with E-state index in [1.807, 2.05) is 30.3 Å². The molecule has 1 aromatic carbocycles. The van der Waals surface area contributed by atoms with Gasteiger partial charge in [0.2, 0.25) is 17.7 Å². The molecule has 164 valence electrons. The van der Waals surface area contributed by atoms with Crippen LogP contribution in [0.1, 0.15) is 51.0 Å². The normalized spacial score (nSPS) is 25.1. The molecule has 3 N–H and O–H groups in total. The molecule has 7 nitrogen and oxygen atoms in total. The number of amides is 3. The van der Waals surface area contributed by atoms with Crippen LogP contribution in [0, 0.1) is 0 Å². The molecule has 4 atom stereocenters. The van der Waals surface area contributed by atoms with E-state index in [1.54, 1.807) is 18.9 Å². The number of carbonyl (C=O) groups is 3. The van der Waals surface area contributed by atoms with Crippen molar-refractivity contribution < 1.29 is 14.4 Å². The molecule has 2 saturated heterocycles. The van der Waals surface area contributed by atoms with Crippen molar-refractivity contribution >= 4 is 17.7 Å². The first-order chi connectivity index (χ1) is 14.5. The van der Waals surface area contributed by atoms with E-state index in [-0.39, 0.29) is 29.8 Å². The average molecular weight is 415 g/mol. The van der Waals surface area contributed by atoms with Crippen molar-refractivity contribution in [2.75, 3.05) is 13.6 Å². The zero-order chi connectivity index (χ0) is 21.5. The van der Waals surface area contributed by atoms with Crippen LogP contribution in [0.15, 0.2) is 30.3 Å². The topological polar surface area (TPSA) is 90.5 Å². The van der Waals surface area contributed by atoms with Crippen molar-refractivity contribution in [3.8, 4) is 0 Å². The molecule has 0 aromatic heterocycles. The van der Waals surface area contributed by atoms with Gasteiger partial charge in [-0.15, -0.1) is 0 Å². The Bertz CT molecular complexity index is 739. The lowest BCUT2D eigenvalue weighted by Gasteiger charge is -2.35. The van der Waals surface area contributed by atoms with Gasteiger partial charge >= 0.3 is 0 Å². The minimum Gasteiger partial charge on any atom is -0.354 e. The first kappa shape index (κ1) is 22.3. The zero-order valence-corrected chi connectivity index (χ0v) is 18.0. The van der Waals surface area contributed by atoms with Crippen molar-refractivity contribution in [2.45, 2.75) is 76.0 Å². The predicted octanol–water partition coefficient (Wildman–Crippen LogP) is 1.37. The summed E-state index contributed by atoms with van der Waals surface area (Å²) in [4.78, 5) is 40.4. The summed E-state index contributed by atoms with van der Waals surface area (Å²) in [5.74, 6) is -0.385. The summed E-state index contributed by atoms with van der Waals surface area (Å²) >= 11 is 0. The van der Waals surface area contributed by atoms with Gasteiger partial charge in [-0.25, -0.2) is 0 Å². The fourth-order valence-corrected chi connectivity index (χ4v) is 4.44. The largest absolute Gasteiger partial charge is 0.354 e. The minimum absolute atomic E-state index is 0.0869. The molecule has 7 heteroatoms. The van der Waals surface area contributed by atoms with Crippen molar-refractivity contribution in [3.63, 3.8) is 0 Å². The van der Waals surface area contributed by atoms with Crippen LogP contribution in [0.25, 0.3) is 0 Å².